The van der Waals surface area contributed by atoms with Gasteiger partial charge in [0, 0.05) is 5.92 Å². The Morgan fingerprint density at radius 2 is 2.12 bits per heavy atom. The second kappa shape index (κ2) is 4.49. The molecule has 1 heterocycles. The van der Waals surface area contributed by atoms with Crippen LogP contribution in [0.25, 0.3) is 0 Å². The van der Waals surface area contributed by atoms with E-state index in [2.05, 4.69) is 4.74 Å². The standard InChI is InChI=1S/C12H16O5/c1-16-10(13)12(15)8-6-4-2-3-5-7-9(8)17-11(12)14/h2-3,8-9,15H,4-7H2,1H3/b3-2-/t8-,9-,12+/m0/s1. The Morgan fingerprint density at radius 3 is 2.76 bits per heavy atom. The molecular formula is C12H16O5. The zero-order valence-corrected chi connectivity index (χ0v) is 9.72. The van der Waals surface area contributed by atoms with Crippen LogP contribution < -0.4 is 0 Å². The van der Waals surface area contributed by atoms with Gasteiger partial charge in [-0.05, 0) is 25.7 Å². The first-order valence-electron chi connectivity index (χ1n) is 5.77. The quantitative estimate of drug-likeness (QED) is 0.412. The van der Waals surface area contributed by atoms with Crippen LogP contribution >= 0.6 is 0 Å². The predicted octanol–water partition coefficient (Wildman–Crippen LogP) is 0.562. The smallest absolute Gasteiger partial charge is 0.350 e. The molecule has 0 aromatic heterocycles. The summed E-state index contributed by atoms with van der Waals surface area (Å²) in [4.78, 5) is 23.3. The zero-order valence-electron chi connectivity index (χ0n) is 9.72. The third-order valence-corrected chi connectivity index (χ3v) is 3.48. The van der Waals surface area contributed by atoms with Gasteiger partial charge in [0.15, 0.2) is 0 Å². The topological polar surface area (TPSA) is 72.8 Å². The van der Waals surface area contributed by atoms with Crippen molar-refractivity contribution in [2.45, 2.75) is 37.4 Å². The van der Waals surface area contributed by atoms with E-state index in [4.69, 9.17) is 4.74 Å². The fraction of sp³-hybridized carbons (Fsp3) is 0.667. The summed E-state index contributed by atoms with van der Waals surface area (Å²) in [6, 6.07) is 0. The number of ether oxygens (including phenoxy) is 2. The lowest BCUT2D eigenvalue weighted by Crippen LogP contribution is -2.50. The number of carbonyl (C=O) groups excluding carboxylic acids is 2. The van der Waals surface area contributed by atoms with Gasteiger partial charge in [0.25, 0.3) is 5.60 Å². The minimum Gasteiger partial charge on any atom is -0.466 e. The summed E-state index contributed by atoms with van der Waals surface area (Å²) in [5.41, 5.74) is -2.12. The van der Waals surface area contributed by atoms with Crippen molar-refractivity contribution in [3.05, 3.63) is 12.2 Å². The monoisotopic (exact) mass is 240 g/mol. The van der Waals surface area contributed by atoms with Gasteiger partial charge in [-0.15, -0.1) is 0 Å². The highest BCUT2D eigenvalue weighted by Gasteiger charge is 2.61. The highest BCUT2D eigenvalue weighted by Crippen LogP contribution is 2.39. The number of esters is 2. The molecule has 5 heteroatoms. The number of fused-ring (bicyclic) bond motifs is 1. The molecule has 0 radical (unpaired) electrons. The molecule has 0 unspecified atom stereocenters. The number of aliphatic hydroxyl groups is 1. The number of hydrogen-bond donors (Lipinski definition) is 1. The highest BCUT2D eigenvalue weighted by atomic mass is 16.6. The molecule has 0 aromatic carbocycles. The molecule has 0 spiro atoms. The van der Waals surface area contributed by atoms with Gasteiger partial charge in [0.2, 0.25) is 0 Å². The van der Waals surface area contributed by atoms with Gasteiger partial charge in [-0.3, -0.25) is 0 Å². The predicted molar refractivity (Wildman–Crippen MR) is 57.9 cm³/mol. The number of allylic oxidation sites excluding steroid dienone is 2. The van der Waals surface area contributed by atoms with E-state index in [-0.39, 0.29) is 0 Å². The molecule has 17 heavy (non-hydrogen) atoms. The molecule has 1 saturated heterocycles. The Labute approximate surface area is 99.4 Å². The van der Waals surface area contributed by atoms with E-state index < -0.39 is 29.6 Å². The van der Waals surface area contributed by atoms with E-state index in [1.165, 1.54) is 0 Å². The first-order valence-corrected chi connectivity index (χ1v) is 5.77. The third kappa shape index (κ3) is 1.84. The molecule has 0 amide bonds. The summed E-state index contributed by atoms with van der Waals surface area (Å²) < 4.78 is 9.64. The second-order valence-corrected chi connectivity index (χ2v) is 4.43. The van der Waals surface area contributed by atoms with Crippen LogP contribution in [0.5, 0.6) is 0 Å². The van der Waals surface area contributed by atoms with Crippen LogP contribution in [0.3, 0.4) is 0 Å². The van der Waals surface area contributed by atoms with Crippen molar-refractivity contribution in [1.82, 2.24) is 0 Å². The average molecular weight is 240 g/mol. The molecule has 1 fully saturated rings. The van der Waals surface area contributed by atoms with Crippen LogP contribution in [0.2, 0.25) is 0 Å². The molecular weight excluding hydrogens is 224 g/mol. The van der Waals surface area contributed by atoms with Crippen molar-refractivity contribution in [2.75, 3.05) is 7.11 Å². The molecule has 1 N–H and O–H groups in total. The van der Waals surface area contributed by atoms with Crippen LogP contribution in [0, 0.1) is 5.92 Å². The lowest BCUT2D eigenvalue weighted by atomic mass is 9.80. The van der Waals surface area contributed by atoms with Crippen LogP contribution in [0.4, 0.5) is 0 Å². The Kier molecular flexibility index (Phi) is 3.19. The summed E-state index contributed by atoms with van der Waals surface area (Å²) >= 11 is 0. The lowest BCUT2D eigenvalue weighted by Gasteiger charge is -2.25. The molecule has 0 aromatic rings. The van der Waals surface area contributed by atoms with E-state index >= 15 is 0 Å². The molecule has 1 aliphatic heterocycles. The van der Waals surface area contributed by atoms with E-state index in [0.717, 1.165) is 20.0 Å². The van der Waals surface area contributed by atoms with Gasteiger partial charge in [-0.2, -0.15) is 0 Å². The zero-order chi connectivity index (χ0) is 12.5. The minimum atomic E-state index is -2.12. The second-order valence-electron chi connectivity index (χ2n) is 4.43. The van der Waals surface area contributed by atoms with Crippen molar-refractivity contribution < 1.29 is 24.2 Å². The van der Waals surface area contributed by atoms with Crippen LogP contribution in [0.1, 0.15) is 25.7 Å². The van der Waals surface area contributed by atoms with Crippen molar-refractivity contribution in [3.63, 3.8) is 0 Å². The van der Waals surface area contributed by atoms with Gasteiger partial charge in [-0.25, -0.2) is 9.59 Å². The number of carbonyl (C=O) groups is 2. The highest BCUT2D eigenvalue weighted by molar-refractivity contribution is 6.05. The third-order valence-electron chi connectivity index (χ3n) is 3.48. The van der Waals surface area contributed by atoms with Gasteiger partial charge in [0.05, 0.1) is 7.11 Å². The maximum atomic E-state index is 11.7. The summed E-state index contributed by atoms with van der Waals surface area (Å²) in [6.45, 7) is 0. The minimum absolute atomic E-state index is 0.392. The number of rotatable bonds is 1. The fourth-order valence-corrected chi connectivity index (χ4v) is 2.55. The number of hydrogen-bond acceptors (Lipinski definition) is 5. The van der Waals surface area contributed by atoms with Crippen LogP contribution in [0.15, 0.2) is 12.2 Å². The van der Waals surface area contributed by atoms with Crippen LogP contribution in [-0.4, -0.2) is 35.9 Å². The Bertz CT molecular complexity index is 362. The Morgan fingerprint density at radius 1 is 1.47 bits per heavy atom. The van der Waals surface area contributed by atoms with Gasteiger partial charge < -0.3 is 14.6 Å². The molecule has 2 rings (SSSR count). The summed E-state index contributed by atoms with van der Waals surface area (Å²) in [5.74, 6) is -2.30. The number of methoxy groups -OCH3 is 1. The summed E-state index contributed by atoms with van der Waals surface area (Å²) in [5, 5.41) is 10.3. The summed E-state index contributed by atoms with van der Waals surface area (Å²) in [6.07, 6.45) is 6.31. The van der Waals surface area contributed by atoms with E-state index in [1.54, 1.807) is 0 Å². The normalized spacial score (nSPS) is 38.6. The summed E-state index contributed by atoms with van der Waals surface area (Å²) in [7, 11) is 1.16. The van der Waals surface area contributed by atoms with E-state index in [1.807, 2.05) is 12.2 Å². The fourth-order valence-electron chi connectivity index (χ4n) is 2.55. The molecule has 94 valence electrons. The van der Waals surface area contributed by atoms with E-state index in [0.29, 0.717) is 12.8 Å². The van der Waals surface area contributed by atoms with Gasteiger partial charge >= 0.3 is 11.9 Å². The average Bonchev–Trinajstić information content (AvgIpc) is 2.52. The maximum Gasteiger partial charge on any atom is 0.350 e. The lowest BCUT2D eigenvalue weighted by molar-refractivity contribution is -0.175. The van der Waals surface area contributed by atoms with E-state index in [9.17, 15) is 14.7 Å². The van der Waals surface area contributed by atoms with Gasteiger partial charge in [-0.1, -0.05) is 12.2 Å². The molecule has 2 aliphatic rings. The first kappa shape index (κ1) is 12.1. The maximum absolute atomic E-state index is 11.7. The van der Waals surface area contributed by atoms with Crippen molar-refractivity contribution in [3.8, 4) is 0 Å². The SMILES string of the molecule is COC(=O)[C@@]1(O)C(=O)O[C@H]2CC/C=C\CC[C@@H]21. The van der Waals surface area contributed by atoms with Gasteiger partial charge in [0.1, 0.15) is 6.10 Å². The first-order chi connectivity index (χ1) is 8.10. The molecule has 3 atom stereocenters. The Balaban J connectivity index is 2.29. The van der Waals surface area contributed by atoms with Crippen molar-refractivity contribution >= 4 is 11.9 Å². The van der Waals surface area contributed by atoms with Crippen molar-refractivity contribution in [1.29, 1.82) is 0 Å². The molecule has 0 saturated carbocycles. The molecule has 1 aliphatic carbocycles. The largest absolute Gasteiger partial charge is 0.466 e. The van der Waals surface area contributed by atoms with Crippen LogP contribution in [-0.2, 0) is 19.1 Å². The van der Waals surface area contributed by atoms with Crippen molar-refractivity contribution in [2.24, 2.45) is 5.92 Å². The molecule has 0 bridgehead atoms. The molecule has 5 nitrogen and oxygen atoms in total. The Hall–Kier alpha value is -1.36.